The maximum atomic E-state index is 13.3. The summed E-state index contributed by atoms with van der Waals surface area (Å²) in [4.78, 5) is 18.8. The van der Waals surface area contributed by atoms with Crippen LogP contribution in [0.25, 0.3) is 4.85 Å². The predicted octanol–water partition coefficient (Wildman–Crippen LogP) is 5.25. The van der Waals surface area contributed by atoms with Gasteiger partial charge in [-0.15, -0.1) is 0 Å². The number of rotatable bonds is 4. The second-order valence-corrected chi connectivity index (χ2v) is 9.17. The molecule has 0 radical (unpaired) electrons. The van der Waals surface area contributed by atoms with Crippen LogP contribution in [-0.4, -0.2) is 35.1 Å². The SMILES string of the molecule is [C-]#[N+]C1(c2ccc(F)cc2)CCC(N2CC[C@](C(=O)O)(c3ccccc3)[C@H](C)C2)CC1. The molecule has 162 valence electrons. The standard InChI is InChI=1S/C26H29FN2O2/c1-19-18-29(17-16-26(19,24(30)31)21-6-4-3-5-7-21)23-12-14-25(28-2,15-13-23)20-8-10-22(27)11-9-20/h3-11,19,23H,12-18H2,1H3,(H,30,31)/t19-,23?,25?,26-/m1/s1. The molecule has 2 aromatic rings. The van der Waals surface area contributed by atoms with E-state index in [4.69, 9.17) is 6.57 Å². The molecule has 5 heteroatoms. The molecule has 4 rings (SSSR count). The van der Waals surface area contributed by atoms with E-state index in [9.17, 15) is 14.3 Å². The largest absolute Gasteiger partial charge is 0.481 e. The molecule has 0 aromatic heterocycles. The smallest absolute Gasteiger partial charge is 0.314 e. The first-order chi connectivity index (χ1) is 14.9. The van der Waals surface area contributed by atoms with Gasteiger partial charge in [0.2, 0.25) is 0 Å². The second kappa shape index (κ2) is 8.43. The highest BCUT2D eigenvalue weighted by atomic mass is 19.1. The van der Waals surface area contributed by atoms with Crippen molar-refractivity contribution in [2.45, 2.75) is 56.0 Å². The van der Waals surface area contributed by atoms with Gasteiger partial charge in [0.25, 0.3) is 5.54 Å². The lowest BCUT2D eigenvalue weighted by atomic mass is 9.66. The fourth-order valence-corrected chi connectivity index (χ4v) is 5.77. The summed E-state index contributed by atoms with van der Waals surface area (Å²) in [7, 11) is 0. The topological polar surface area (TPSA) is 44.9 Å². The van der Waals surface area contributed by atoms with Crippen LogP contribution in [0, 0.1) is 18.3 Å². The number of carbonyl (C=O) groups is 1. The number of likely N-dealkylation sites (tertiary alicyclic amines) is 1. The number of halogens is 1. The third kappa shape index (κ3) is 3.74. The summed E-state index contributed by atoms with van der Waals surface area (Å²) in [5.41, 5.74) is 0.381. The lowest BCUT2D eigenvalue weighted by molar-refractivity contribution is -0.149. The van der Waals surface area contributed by atoms with Gasteiger partial charge in [0.15, 0.2) is 0 Å². The Balaban J connectivity index is 1.47. The Labute approximate surface area is 183 Å². The maximum Gasteiger partial charge on any atom is 0.314 e. The van der Waals surface area contributed by atoms with Gasteiger partial charge in [-0.05, 0) is 61.6 Å². The summed E-state index contributed by atoms with van der Waals surface area (Å²) in [6, 6.07) is 16.4. The van der Waals surface area contributed by atoms with Gasteiger partial charge < -0.3 is 14.9 Å². The van der Waals surface area contributed by atoms with Crippen LogP contribution in [0.5, 0.6) is 0 Å². The van der Waals surface area contributed by atoms with E-state index in [0.29, 0.717) is 12.5 Å². The van der Waals surface area contributed by atoms with Crippen molar-refractivity contribution in [3.8, 4) is 0 Å². The summed E-state index contributed by atoms with van der Waals surface area (Å²) in [5.74, 6) is -1.02. The zero-order valence-corrected chi connectivity index (χ0v) is 17.9. The average Bonchev–Trinajstić information content (AvgIpc) is 2.80. The van der Waals surface area contributed by atoms with Crippen molar-refractivity contribution in [3.05, 3.63) is 83.0 Å². The van der Waals surface area contributed by atoms with E-state index in [1.807, 2.05) is 30.3 Å². The first-order valence-electron chi connectivity index (χ1n) is 11.1. The third-order valence-electron chi connectivity index (χ3n) is 7.71. The van der Waals surface area contributed by atoms with Crippen LogP contribution >= 0.6 is 0 Å². The molecule has 0 unspecified atom stereocenters. The van der Waals surface area contributed by atoms with Crippen LogP contribution in [0.3, 0.4) is 0 Å². The van der Waals surface area contributed by atoms with Crippen LogP contribution in [-0.2, 0) is 15.7 Å². The van der Waals surface area contributed by atoms with Crippen molar-refractivity contribution in [2.75, 3.05) is 13.1 Å². The minimum Gasteiger partial charge on any atom is -0.481 e. The van der Waals surface area contributed by atoms with E-state index in [2.05, 4.69) is 16.7 Å². The Morgan fingerprint density at radius 1 is 1.06 bits per heavy atom. The molecule has 1 heterocycles. The molecule has 2 fully saturated rings. The molecule has 1 N–H and O–H groups in total. The number of hydrogen-bond acceptors (Lipinski definition) is 2. The van der Waals surface area contributed by atoms with Gasteiger partial charge >= 0.3 is 5.97 Å². The van der Waals surface area contributed by atoms with Crippen molar-refractivity contribution < 1.29 is 14.3 Å². The summed E-state index contributed by atoms with van der Waals surface area (Å²) in [6.45, 7) is 11.4. The quantitative estimate of drug-likeness (QED) is 0.688. The molecule has 1 saturated heterocycles. The monoisotopic (exact) mass is 420 g/mol. The molecule has 2 atom stereocenters. The van der Waals surface area contributed by atoms with Crippen LogP contribution < -0.4 is 0 Å². The van der Waals surface area contributed by atoms with E-state index < -0.39 is 16.9 Å². The zero-order valence-electron chi connectivity index (χ0n) is 17.9. The molecule has 0 amide bonds. The molecule has 1 aliphatic carbocycles. The first kappa shape index (κ1) is 21.5. The molecule has 1 saturated carbocycles. The Morgan fingerprint density at radius 3 is 2.26 bits per heavy atom. The lowest BCUT2D eigenvalue weighted by Crippen LogP contribution is -2.56. The number of piperidine rings is 1. The van der Waals surface area contributed by atoms with Crippen molar-refractivity contribution in [3.63, 3.8) is 0 Å². The predicted molar refractivity (Wildman–Crippen MR) is 118 cm³/mol. The number of benzene rings is 2. The van der Waals surface area contributed by atoms with Gasteiger partial charge in [0, 0.05) is 31.0 Å². The second-order valence-electron chi connectivity index (χ2n) is 9.17. The van der Waals surface area contributed by atoms with Gasteiger partial charge in [-0.3, -0.25) is 4.79 Å². The number of nitrogens with zero attached hydrogens (tertiary/aromatic N) is 2. The van der Waals surface area contributed by atoms with Gasteiger partial charge in [-0.2, -0.15) is 0 Å². The molecular formula is C26H29FN2O2. The Morgan fingerprint density at radius 2 is 1.71 bits per heavy atom. The molecule has 0 spiro atoms. The van der Waals surface area contributed by atoms with E-state index in [0.717, 1.165) is 49.9 Å². The van der Waals surface area contributed by atoms with Gasteiger partial charge in [0.05, 0.1) is 5.41 Å². The highest BCUT2D eigenvalue weighted by molar-refractivity contribution is 5.82. The lowest BCUT2D eigenvalue weighted by Gasteiger charge is -2.48. The van der Waals surface area contributed by atoms with Crippen molar-refractivity contribution >= 4 is 5.97 Å². The Bertz CT molecular complexity index is 961. The Kier molecular flexibility index (Phi) is 5.85. The molecule has 1 aliphatic heterocycles. The maximum absolute atomic E-state index is 13.3. The van der Waals surface area contributed by atoms with Crippen molar-refractivity contribution in [1.29, 1.82) is 0 Å². The van der Waals surface area contributed by atoms with E-state index in [-0.39, 0.29) is 11.7 Å². The molecular weight excluding hydrogens is 391 g/mol. The summed E-state index contributed by atoms with van der Waals surface area (Å²) in [6.07, 6.45) is 3.90. The molecule has 0 bridgehead atoms. The Hall–Kier alpha value is -2.71. The van der Waals surface area contributed by atoms with Crippen LogP contribution in [0.2, 0.25) is 0 Å². The number of carboxylic acid groups (broad SMARTS) is 1. The molecule has 2 aliphatic rings. The van der Waals surface area contributed by atoms with Crippen LogP contribution in [0.4, 0.5) is 4.39 Å². The van der Waals surface area contributed by atoms with Crippen molar-refractivity contribution in [1.82, 2.24) is 4.90 Å². The average molecular weight is 421 g/mol. The normalized spacial score (nSPS) is 31.6. The summed E-state index contributed by atoms with van der Waals surface area (Å²) in [5, 5.41) is 10.2. The van der Waals surface area contributed by atoms with Gasteiger partial charge in [-0.25, -0.2) is 11.0 Å². The number of carboxylic acids is 1. The van der Waals surface area contributed by atoms with Gasteiger partial charge in [-0.1, -0.05) is 37.3 Å². The van der Waals surface area contributed by atoms with E-state index in [1.165, 1.54) is 12.1 Å². The van der Waals surface area contributed by atoms with E-state index in [1.54, 1.807) is 12.1 Å². The van der Waals surface area contributed by atoms with Crippen molar-refractivity contribution in [2.24, 2.45) is 5.92 Å². The highest BCUT2D eigenvalue weighted by Gasteiger charge is 2.50. The zero-order chi connectivity index (χ0) is 22.1. The minimum absolute atomic E-state index is 0.00852. The highest BCUT2D eigenvalue weighted by Crippen LogP contribution is 2.45. The van der Waals surface area contributed by atoms with Crippen LogP contribution in [0.15, 0.2) is 54.6 Å². The van der Waals surface area contributed by atoms with E-state index >= 15 is 0 Å². The number of hydrogen-bond donors (Lipinski definition) is 1. The summed E-state index contributed by atoms with van der Waals surface area (Å²) >= 11 is 0. The third-order valence-corrected chi connectivity index (χ3v) is 7.71. The number of aliphatic carboxylic acids is 1. The first-order valence-corrected chi connectivity index (χ1v) is 11.1. The summed E-state index contributed by atoms with van der Waals surface area (Å²) < 4.78 is 13.3. The molecule has 31 heavy (non-hydrogen) atoms. The molecule has 2 aromatic carbocycles. The van der Waals surface area contributed by atoms with Crippen LogP contribution in [0.1, 0.15) is 50.2 Å². The van der Waals surface area contributed by atoms with Gasteiger partial charge in [0.1, 0.15) is 5.82 Å². The minimum atomic E-state index is -0.846. The molecule has 4 nitrogen and oxygen atoms in total. The fourth-order valence-electron chi connectivity index (χ4n) is 5.77. The fraction of sp³-hybridized carbons (Fsp3) is 0.462.